The molecule has 3 N–H and O–H groups in total. The molecule has 1 aliphatic rings. The van der Waals surface area contributed by atoms with E-state index in [0.29, 0.717) is 25.8 Å². The number of amides is 5. The lowest BCUT2D eigenvalue weighted by Gasteiger charge is -2.41. The van der Waals surface area contributed by atoms with E-state index in [0.717, 1.165) is 5.56 Å². The lowest BCUT2D eigenvalue weighted by Crippen LogP contribution is -2.59. The highest BCUT2D eigenvalue weighted by molar-refractivity contribution is 7.90. The van der Waals surface area contributed by atoms with Crippen molar-refractivity contribution < 1.29 is 41.9 Å². The Labute approximate surface area is 347 Å². The van der Waals surface area contributed by atoms with Crippen molar-refractivity contribution in [2.45, 2.75) is 130 Å². The van der Waals surface area contributed by atoms with Crippen LogP contribution in [0.3, 0.4) is 0 Å². The van der Waals surface area contributed by atoms with Crippen molar-refractivity contribution in [2.75, 3.05) is 47.7 Å². The predicted octanol–water partition coefficient (Wildman–Crippen LogP) is 2.83. The molecule has 0 aliphatic carbocycles. The molecule has 0 radical (unpaired) electrons. The largest absolute Gasteiger partial charge is 0.379 e. The molecule has 5 amide bonds. The van der Waals surface area contributed by atoms with Gasteiger partial charge in [0.1, 0.15) is 12.1 Å². The molecule has 0 aromatic heterocycles. The Morgan fingerprint density at radius 3 is 1.98 bits per heavy atom. The Bertz CT molecular complexity index is 1600. The number of nitrogens with one attached hydrogen (secondary N) is 3. The van der Waals surface area contributed by atoms with Crippen LogP contribution in [-0.2, 0) is 49.9 Å². The average molecular weight is 837 g/mol. The first-order chi connectivity index (χ1) is 27.2. The van der Waals surface area contributed by atoms with E-state index in [1.165, 1.54) is 21.1 Å². The molecule has 0 saturated carbocycles. The van der Waals surface area contributed by atoms with Crippen LogP contribution in [-0.4, -0.2) is 143 Å². The molecule has 16 heteroatoms. The van der Waals surface area contributed by atoms with E-state index in [1.54, 1.807) is 48.0 Å². The third-order valence-corrected chi connectivity index (χ3v) is 12.8. The third-order valence-electron chi connectivity index (χ3n) is 11.5. The number of carbonyl (C=O) groups is 5. The Hall–Kier alpha value is -3.60. The van der Waals surface area contributed by atoms with E-state index in [4.69, 9.17) is 9.47 Å². The fourth-order valence-corrected chi connectivity index (χ4v) is 8.66. The molecule has 15 nitrogen and oxygen atoms in total. The number of hydrogen-bond acceptors (Lipinski definition) is 10. The van der Waals surface area contributed by atoms with Gasteiger partial charge in [-0.25, -0.2) is 8.42 Å². The molecule has 0 unspecified atom stereocenters. The van der Waals surface area contributed by atoms with Crippen LogP contribution in [0.4, 0.5) is 0 Å². The fraction of sp³-hybridized carbons (Fsp3) is 0.738. The molecule has 0 spiro atoms. The highest BCUT2D eigenvalue weighted by Crippen LogP contribution is 2.30. The zero-order valence-electron chi connectivity index (χ0n) is 37.1. The van der Waals surface area contributed by atoms with Crippen LogP contribution in [0.1, 0.15) is 86.6 Å². The first-order valence-corrected chi connectivity index (χ1v) is 22.3. The number of carbonyl (C=O) groups excluding carboxylic acids is 5. The standard InChI is InChI=1S/C42H72N6O9S/c1-14-28(7)37(47(11)42(53)35(26(3)4)44-41(52)36(27(5)6)46(9)10)33(56-12)25-34(49)48-23-19-22-32(48)38(57-13)29(8)39(50)43-31(24-30-20-17-16-18-21-30)40(51)45-58(54,55)15-2/h16-18,20-21,26-29,31-33,35-38H,14-15,19,22-25H2,1-13H3,(H,43,50)(H,44,52)(H,45,51)/t28-,29+,31-,32-,33+,35-,36-,37-,38+/m0/s1. The molecular formula is C42H72N6O9S. The Kier molecular flexibility index (Phi) is 20.3. The van der Waals surface area contributed by atoms with Crippen molar-refractivity contribution in [2.24, 2.45) is 23.7 Å². The first-order valence-electron chi connectivity index (χ1n) is 20.6. The second-order valence-corrected chi connectivity index (χ2v) is 18.6. The van der Waals surface area contributed by atoms with Crippen LogP contribution in [0.15, 0.2) is 30.3 Å². The zero-order chi connectivity index (χ0) is 44.1. The molecule has 0 bridgehead atoms. The quantitative estimate of drug-likeness (QED) is 0.148. The molecule has 1 saturated heterocycles. The fourth-order valence-electron chi connectivity index (χ4n) is 8.07. The van der Waals surface area contributed by atoms with Gasteiger partial charge >= 0.3 is 0 Å². The number of methoxy groups -OCH3 is 2. The van der Waals surface area contributed by atoms with Gasteiger partial charge < -0.3 is 29.9 Å². The van der Waals surface area contributed by atoms with Gasteiger partial charge in [-0.2, -0.15) is 0 Å². The number of nitrogens with zero attached hydrogens (tertiary/aromatic N) is 3. The van der Waals surface area contributed by atoms with E-state index in [9.17, 15) is 32.4 Å². The minimum absolute atomic E-state index is 0.0200. The Morgan fingerprint density at radius 1 is 0.862 bits per heavy atom. The molecule has 330 valence electrons. The molecular weight excluding hydrogens is 765 g/mol. The minimum Gasteiger partial charge on any atom is -0.379 e. The number of rotatable bonds is 23. The van der Waals surface area contributed by atoms with Crippen molar-refractivity contribution in [3.63, 3.8) is 0 Å². The van der Waals surface area contributed by atoms with Gasteiger partial charge in [0, 0.05) is 34.2 Å². The number of sulfonamides is 1. The second-order valence-electron chi connectivity index (χ2n) is 16.6. The summed E-state index contributed by atoms with van der Waals surface area (Å²) in [6.07, 6.45) is 0.499. The number of benzene rings is 1. The van der Waals surface area contributed by atoms with E-state index in [2.05, 4.69) is 15.4 Å². The summed E-state index contributed by atoms with van der Waals surface area (Å²) in [5, 5.41) is 5.77. The van der Waals surface area contributed by atoms with Crippen molar-refractivity contribution in [3.05, 3.63) is 35.9 Å². The van der Waals surface area contributed by atoms with Gasteiger partial charge in [-0.1, -0.05) is 85.2 Å². The Balaban J connectivity index is 2.33. The van der Waals surface area contributed by atoms with E-state index < -0.39 is 70.2 Å². The normalized spacial score (nSPS) is 18.8. The topological polar surface area (TPSA) is 184 Å². The second kappa shape index (κ2) is 23.3. The van der Waals surface area contributed by atoms with Crippen LogP contribution in [0.25, 0.3) is 0 Å². The highest BCUT2D eigenvalue weighted by Gasteiger charge is 2.43. The number of likely N-dealkylation sites (tertiary alicyclic amines) is 1. The summed E-state index contributed by atoms with van der Waals surface area (Å²) in [7, 11) is 4.48. The van der Waals surface area contributed by atoms with Crippen molar-refractivity contribution in [1.82, 2.24) is 30.1 Å². The summed E-state index contributed by atoms with van der Waals surface area (Å²) in [4.78, 5) is 74.2. The van der Waals surface area contributed by atoms with Gasteiger partial charge in [0.2, 0.25) is 33.7 Å². The van der Waals surface area contributed by atoms with E-state index in [-0.39, 0.29) is 54.1 Å². The van der Waals surface area contributed by atoms with Crippen LogP contribution in [0, 0.1) is 23.7 Å². The van der Waals surface area contributed by atoms with Crippen LogP contribution >= 0.6 is 0 Å². The summed E-state index contributed by atoms with van der Waals surface area (Å²) in [6.45, 7) is 15.2. The molecule has 1 fully saturated rings. The van der Waals surface area contributed by atoms with Gasteiger partial charge in [0.25, 0.3) is 5.91 Å². The smallest absolute Gasteiger partial charge is 0.256 e. The van der Waals surface area contributed by atoms with Crippen molar-refractivity contribution in [1.29, 1.82) is 0 Å². The van der Waals surface area contributed by atoms with E-state index >= 15 is 0 Å². The molecule has 9 atom stereocenters. The highest BCUT2D eigenvalue weighted by atomic mass is 32.2. The zero-order valence-corrected chi connectivity index (χ0v) is 37.9. The predicted molar refractivity (Wildman–Crippen MR) is 225 cm³/mol. The first kappa shape index (κ1) is 50.5. The van der Waals surface area contributed by atoms with Gasteiger partial charge in [0.15, 0.2) is 0 Å². The molecule has 1 aromatic carbocycles. The summed E-state index contributed by atoms with van der Waals surface area (Å²) >= 11 is 0. The van der Waals surface area contributed by atoms with E-state index in [1.807, 2.05) is 66.6 Å². The number of likely N-dealkylation sites (N-methyl/N-ethyl adjacent to an activating group) is 2. The van der Waals surface area contributed by atoms with Crippen molar-refractivity contribution >= 4 is 39.6 Å². The summed E-state index contributed by atoms with van der Waals surface area (Å²) < 4.78 is 38.6. The number of ether oxygens (including phenoxy) is 2. The van der Waals surface area contributed by atoms with Crippen LogP contribution in [0.2, 0.25) is 0 Å². The maximum Gasteiger partial charge on any atom is 0.256 e. The van der Waals surface area contributed by atoms with Gasteiger partial charge in [0.05, 0.1) is 48.4 Å². The summed E-state index contributed by atoms with van der Waals surface area (Å²) in [6, 6.07) is 5.56. The average Bonchev–Trinajstić information content (AvgIpc) is 3.65. The van der Waals surface area contributed by atoms with Crippen LogP contribution < -0.4 is 15.4 Å². The maximum absolute atomic E-state index is 14.3. The third kappa shape index (κ3) is 13.7. The number of hydrogen-bond donors (Lipinski definition) is 3. The monoisotopic (exact) mass is 837 g/mol. The van der Waals surface area contributed by atoms with Gasteiger partial charge in [-0.3, -0.25) is 33.6 Å². The lowest BCUT2D eigenvalue weighted by atomic mass is 9.89. The molecule has 1 aromatic rings. The molecule has 58 heavy (non-hydrogen) atoms. The molecule has 2 rings (SSSR count). The maximum atomic E-state index is 14.3. The van der Waals surface area contributed by atoms with Gasteiger partial charge in [-0.15, -0.1) is 0 Å². The Morgan fingerprint density at radius 2 is 1.48 bits per heavy atom. The summed E-state index contributed by atoms with van der Waals surface area (Å²) in [5.41, 5.74) is 0.727. The summed E-state index contributed by atoms with van der Waals surface area (Å²) in [5.74, 6) is -3.50. The lowest BCUT2D eigenvalue weighted by molar-refractivity contribution is -0.148. The van der Waals surface area contributed by atoms with Crippen molar-refractivity contribution in [3.8, 4) is 0 Å². The molecule has 1 heterocycles. The van der Waals surface area contributed by atoms with Gasteiger partial charge in [-0.05, 0) is 57.2 Å². The van der Waals surface area contributed by atoms with Crippen LogP contribution in [0.5, 0.6) is 0 Å². The SMILES string of the molecule is CC[C@H](C)[C@@H]([C@@H](CC(=O)N1CCC[C@H]1[C@H](OC)[C@@H](C)C(=O)N[C@@H](Cc1ccccc1)C(=O)NS(=O)(=O)CC)OC)N(C)C(=O)[C@@H](NC(=O)[C@H](C(C)C)N(C)C)C(C)C. The molecule has 1 aliphatic heterocycles. The minimum atomic E-state index is -3.89.